The summed E-state index contributed by atoms with van der Waals surface area (Å²) in [7, 11) is 0. The van der Waals surface area contributed by atoms with E-state index < -0.39 is 5.91 Å². The van der Waals surface area contributed by atoms with Gasteiger partial charge >= 0.3 is 0 Å². The van der Waals surface area contributed by atoms with E-state index in [1.807, 2.05) is 0 Å². The third kappa shape index (κ3) is 2.49. The van der Waals surface area contributed by atoms with Crippen molar-refractivity contribution in [3.05, 3.63) is 45.8 Å². The monoisotopic (exact) mass is 299 g/mol. The van der Waals surface area contributed by atoms with Gasteiger partial charge in [0.05, 0.1) is 11.1 Å². The highest BCUT2D eigenvalue weighted by Crippen LogP contribution is 2.35. The number of para-hydroxylation sites is 1. The summed E-state index contributed by atoms with van der Waals surface area (Å²) in [5, 5.41) is 25.6. The molecule has 3 N–H and O–H groups in total. The van der Waals surface area contributed by atoms with Crippen molar-refractivity contribution in [2.45, 2.75) is 13.0 Å². The quantitative estimate of drug-likeness (QED) is 0.794. The minimum atomic E-state index is -0.406. The van der Waals surface area contributed by atoms with E-state index in [0.717, 1.165) is 30.0 Å². The van der Waals surface area contributed by atoms with Gasteiger partial charge in [-0.2, -0.15) is 5.26 Å². The Labute approximate surface area is 125 Å². The molecule has 6 heteroatoms. The summed E-state index contributed by atoms with van der Waals surface area (Å²) in [6, 6.07) is 8.53. The Hall–Kier alpha value is -2.36. The van der Waals surface area contributed by atoms with Crippen molar-refractivity contribution in [3.8, 4) is 11.8 Å². The summed E-state index contributed by atoms with van der Waals surface area (Å²) in [6.45, 7) is 1.56. The fraction of sp³-hybridized carbons (Fsp3) is 0.200. The van der Waals surface area contributed by atoms with Gasteiger partial charge in [-0.15, -0.1) is 11.3 Å². The number of aromatic hydroxyl groups is 1. The van der Waals surface area contributed by atoms with E-state index in [1.54, 1.807) is 18.2 Å². The Kier molecular flexibility index (Phi) is 3.60. The summed E-state index contributed by atoms with van der Waals surface area (Å²) in [5.41, 5.74) is 1.76. The van der Waals surface area contributed by atoms with Crippen molar-refractivity contribution in [2.75, 3.05) is 11.9 Å². The van der Waals surface area contributed by atoms with Gasteiger partial charge in [-0.25, -0.2) is 0 Å². The molecular formula is C15H13N3O2S. The normalized spacial score (nSPS) is 13.3. The van der Waals surface area contributed by atoms with Crippen molar-refractivity contribution < 1.29 is 9.90 Å². The lowest BCUT2D eigenvalue weighted by atomic mass is 10.0. The van der Waals surface area contributed by atoms with Gasteiger partial charge in [0.2, 0.25) is 0 Å². The van der Waals surface area contributed by atoms with Crippen molar-refractivity contribution in [3.63, 3.8) is 0 Å². The number of amides is 1. The van der Waals surface area contributed by atoms with E-state index in [1.165, 1.54) is 17.4 Å². The predicted molar refractivity (Wildman–Crippen MR) is 80.5 cm³/mol. The minimum absolute atomic E-state index is 0.0727. The maximum absolute atomic E-state index is 12.2. The van der Waals surface area contributed by atoms with Crippen LogP contribution in [0.25, 0.3) is 0 Å². The first-order valence-electron chi connectivity index (χ1n) is 6.55. The highest BCUT2D eigenvalue weighted by atomic mass is 32.1. The Morgan fingerprint density at radius 1 is 1.43 bits per heavy atom. The van der Waals surface area contributed by atoms with E-state index in [0.29, 0.717) is 10.6 Å². The molecular weight excluding hydrogens is 286 g/mol. The molecule has 1 amide bonds. The first-order chi connectivity index (χ1) is 10.2. The van der Waals surface area contributed by atoms with Crippen molar-refractivity contribution in [1.82, 2.24) is 5.32 Å². The Bertz CT molecular complexity index is 746. The molecule has 1 aromatic carbocycles. The van der Waals surface area contributed by atoms with Gasteiger partial charge in [-0.3, -0.25) is 4.79 Å². The number of benzene rings is 1. The van der Waals surface area contributed by atoms with Crippen LogP contribution in [0, 0.1) is 11.3 Å². The van der Waals surface area contributed by atoms with Crippen molar-refractivity contribution >= 4 is 22.2 Å². The van der Waals surface area contributed by atoms with Gasteiger partial charge < -0.3 is 15.7 Å². The van der Waals surface area contributed by atoms with Crippen LogP contribution >= 0.6 is 11.3 Å². The third-order valence-corrected chi connectivity index (χ3v) is 4.56. The fourth-order valence-electron chi connectivity index (χ4n) is 2.38. The molecule has 1 aliphatic heterocycles. The summed E-state index contributed by atoms with van der Waals surface area (Å²) in [6.07, 6.45) is 0.793. The van der Waals surface area contributed by atoms with Gasteiger partial charge in [0.25, 0.3) is 5.91 Å². The number of anilines is 1. The number of hydrogen-bond donors (Lipinski definition) is 3. The number of phenolic OH excluding ortho intramolecular Hbond substituents is 1. The number of carbonyl (C=O) groups is 1. The SMILES string of the molecule is N#Cc1c(NC(=O)c2ccccc2O)sc2c1CCNC2. The van der Waals surface area contributed by atoms with E-state index in [2.05, 4.69) is 16.7 Å². The zero-order chi connectivity index (χ0) is 14.8. The third-order valence-electron chi connectivity index (χ3n) is 3.42. The Morgan fingerprint density at radius 2 is 2.24 bits per heavy atom. The molecule has 0 spiro atoms. The molecule has 2 aromatic rings. The molecule has 1 aromatic heterocycles. The van der Waals surface area contributed by atoms with Gasteiger partial charge in [0.15, 0.2) is 0 Å². The lowest BCUT2D eigenvalue weighted by Gasteiger charge is -2.11. The van der Waals surface area contributed by atoms with Crippen LogP contribution in [0.5, 0.6) is 5.75 Å². The fourth-order valence-corrected chi connectivity index (χ4v) is 3.54. The second-order valence-electron chi connectivity index (χ2n) is 4.72. The molecule has 2 heterocycles. The van der Waals surface area contributed by atoms with Gasteiger partial charge in [0, 0.05) is 11.4 Å². The number of nitrogens with zero attached hydrogens (tertiary/aromatic N) is 1. The van der Waals surface area contributed by atoms with Crippen LogP contribution in [0.4, 0.5) is 5.00 Å². The number of nitrogens with one attached hydrogen (secondary N) is 2. The van der Waals surface area contributed by atoms with E-state index in [4.69, 9.17) is 0 Å². The summed E-state index contributed by atoms with van der Waals surface area (Å²) in [4.78, 5) is 13.3. The molecule has 106 valence electrons. The van der Waals surface area contributed by atoms with Crippen LogP contribution in [0.3, 0.4) is 0 Å². The number of fused-ring (bicyclic) bond motifs is 1. The van der Waals surface area contributed by atoms with Crippen molar-refractivity contribution in [1.29, 1.82) is 5.26 Å². The molecule has 3 rings (SSSR count). The highest BCUT2D eigenvalue weighted by Gasteiger charge is 2.22. The molecule has 0 saturated heterocycles. The van der Waals surface area contributed by atoms with Crippen LogP contribution in [0.15, 0.2) is 24.3 Å². The topological polar surface area (TPSA) is 85.2 Å². The maximum atomic E-state index is 12.2. The molecule has 0 unspecified atom stereocenters. The zero-order valence-corrected chi connectivity index (χ0v) is 12.0. The van der Waals surface area contributed by atoms with Crippen LogP contribution < -0.4 is 10.6 Å². The van der Waals surface area contributed by atoms with E-state index in [-0.39, 0.29) is 11.3 Å². The van der Waals surface area contributed by atoms with Crippen LogP contribution in [-0.2, 0) is 13.0 Å². The Morgan fingerprint density at radius 3 is 3.00 bits per heavy atom. The standard InChI is InChI=1S/C15H13N3O2S/c16-7-11-9-5-6-17-8-13(9)21-15(11)18-14(20)10-3-1-2-4-12(10)19/h1-4,17,19H,5-6,8H2,(H,18,20). The van der Waals surface area contributed by atoms with E-state index >= 15 is 0 Å². The second-order valence-corrected chi connectivity index (χ2v) is 5.82. The van der Waals surface area contributed by atoms with Gasteiger partial charge in [-0.1, -0.05) is 12.1 Å². The second kappa shape index (κ2) is 5.56. The average Bonchev–Trinajstić information content (AvgIpc) is 2.84. The van der Waals surface area contributed by atoms with Gasteiger partial charge in [0.1, 0.15) is 16.8 Å². The predicted octanol–water partition coefficient (Wildman–Crippen LogP) is 2.22. The molecule has 21 heavy (non-hydrogen) atoms. The summed E-state index contributed by atoms with van der Waals surface area (Å²) >= 11 is 1.42. The molecule has 0 atom stereocenters. The van der Waals surface area contributed by atoms with Crippen molar-refractivity contribution in [2.24, 2.45) is 0 Å². The van der Waals surface area contributed by atoms with Crippen LogP contribution in [0.1, 0.15) is 26.4 Å². The highest BCUT2D eigenvalue weighted by molar-refractivity contribution is 7.16. The zero-order valence-electron chi connectivity index (χ0n) is 11.1. The lowest BCUT2D eigenvalue weighted by Crippen LogP contribution is -2.22. The molecule has 0 bridgehead atoms. The summed E-state index contributed by atoms with van der Waals surface area (Å²) in [5.74, 6) is -0.479. The molecule has 0 fully saturated rings. The maximum Gasteiger partial charge on any atom is 0.260 e. The number of hydrogen-bond acceptors (Lipinski definition) is 5. The summed E-state index contributed by atoms with van der Waals surface area (Å²) < 4.78 is 0. The largest absolute Gasteiger partial charge is 0.507 e. The van der Waals surface area contributed by atoms with Crippen LogP contribution in [-0.4, -0.2) is 17.6 Å². The van der Waals surface area contributed by atoms with Crippen LogP contribution in [0.2, 0.25) is 0 Å². The number of thiophene rings is 1. The first kappa shape index (κ1) is 13.6. The molecule has 1 aliphatic rings. The number of nitriles is 1. The minimum Gasteiger partial charge on any atom is -0.507 e. The number of phenols is 1. The van der Waals surface area contributed by atoms with Gasteiger partial charge in [-0.05, 0) is 30.7 Å². The lowest BCUT2D eigenvalue weighted by molar-refractivity contribution is 0.102. The smallest absolute Gasteiger partial charge is 0.260 e. The van der Waals surface area contributed by atoms with E-state index in [9.17, 15) is 15.2 Å². The number of rotatable bonds is 2. The molecule has 0 radical (unpaired) electrons. The first-order valence-corrected chi connectivity index (χ1v) is 7.37. The average molecular weight is 299 g/mol. The molecule has 5 nitrogen and oxygen atoms in total. The molecule has 0 saturated carbocycles. The Balaban J connectivity index is 1.92. The molecule has 0 aliphatic carbocycles. The number of carbonyl (C=O) groups excluding carboxylic acids is 1.